The SMILES string of the molecule is COCCSc1ccccc1C(=O)NC(c1ccccc1)c1ccccc1. The first-order valence-corrected chi connectivity index (χ1v) is 9.89. The fraction of sp³-hybridized carbons (Fsp3) is 0.174. The van der Waals surface area contributed by atoms with Crippen molar-refractivity contribution >= 4 is 17.7 Å². The Labute approximate surface area is 164 Å². The van der Waals surface area contributed by atoms with Crippen molar-refractivity contribution in [1.82, 2.24) is 5.32 Å². The summed E-state index contributed by atoms with van der Waals surface area (Å²) in [5, 5.41) is 3.21. The van der Waals surface area contributed by atoms with Crippen LogP contribution in [0.4, 0.5) is 0 Å². The third-order valence-electron chi connectivity index (χ3n) is 4.22. The van der Waals surface area contributed by atoms with E-state index >= 15 is 0 Å². The molecule has 0 heterocycles. The van der Waals surface area contributed by atoms with E-state index in [2.05, 4.69) is 5.32 Å². The van der Waals surface area contributed by atoms with Gasteiger partial charge in [0.2, 0.25) is 0 Å². The Morgan fingerprint density at radius 1 is 0.889 bits per heavy atom. The smallest absolute Gasteiger partial charge is 0.253 e. The van der Waals surface area contributed by atoms with Crippen LogP contribution in [0.25, 0.3) is 0 Å². The molecule has 27 heavy (non-hydrogen) atoms. The number of amides is 1. The molecular weight excluding hydrogens is 354 g/mol. The third-order valence-corrected chi connectivity index (χ3v) is 5.26. The van der Waals surface area contributed by atoms with Crippen LogP contribution in [0.5, 0.6) is 0 Å². The van der Waals surface area contributed by atoms with Gasteiger partial charge < -0.3 is 10.1 Å². The first-order valence-electron chi connectivity index (χ1n) is 8.91. The minimum atomic E-state index is -0.197. The van der Waals surface area contributed by atoms with E-state index in [0.717, 1.165) is 21.8 Å². The van der Waals surface area contributed by atoms with Gasteiger partial charge in [-0.05, 0) is 23.3 Å². The summed E-state index contributed by atoms with van der Waals surface area (Å²) < 4.78 is 5.12. The molecule has 0 aliphatic heterocycles. The zero-order valence-electron chi connectivity index (χ0n) is 15.3. The van der Waals surface area contributed by atoms with E-state index in [0.29, 0.717) is 12.2 Å². The first kappa shape index (κ1) is 19.2. The van der Waals surface area contributed by atoms with E-state index in [4.69, 9.17) is 4.74 Å². The second-order valence-corrected chi connectivity index (χ2v) is 7.20. The maximum Gasteiger partial charge on any atom is 0.253 e. The van der Waals surface area contributed by atoms with Gasteiger partial charge in [-0.15, -0.1) is 11.8 Å². The minimum absolute atomic E-state index is 0.0757. The number of hydrogen-bond acceptors (Lipinski definition) is 3. The summed E-state index contributed by atoms with van der Waals surface area (Å²) in [5.41, 5.74) is 2.80. The second kappa shape index (κ2) is 9.95. The maximum atomic E-state index is 13.1. The Morgan fingerprint density at radius 3 is 2.04 bits per heavy atom. The van der Waals surface area contributed by atoms with Gasteiger partial charge in [0, 0.05) is 17.8 Å². The molecule has 4 heteroatoms. The summed E-state index contributed by atoms with van der Waals surface area (Å²) in [6.07, 6.45) is 0. The zero-order valence-corrected chi connectivity index (χ0v) is 16.1. The van der Waals surface area contributed by atoms with E-state index in [1.54, 1.807) is 18.9 Å². The number of carbonyl (C=O) groups excluding carboxylic acids is 1. The van der Waals surface area contributed by atoms with Crippen molar-refractivity contribution < 1.29 is 9.53 Å². The van der Waals surface area contributed by atoms with Crippen LogP contribution in [0.3, 0.4) is 0 Å². The number of methoxy groups -OCH3 is 1. The first-order chi connectivity index (χ1) is 13.3. The average Bonchev–Trinajstić information content (AvgIpc) is 2.73. The van der Waals surface area contributed by atoms with Gasteiger partial charge in [-0.25, -0.2) is 0 Å². The molecule has 1 N–H and O–H groups in total. The molecule has 3 aromatic rings. The van der Waals surface area contributed by atoms with E-state index < -0.39 is 0 Å². The molecule has 0 radical (unpaired) electrons. The van der Waals surface area contributed by atoms with Gasteiger partial charge in [0.15, 0.2) is 0 Å². The van der Waals surface area contributed by atoms with Crippen LogP contribution >= 0.6 is 11.8 Å². The number of benzene rings is 3. The average molecular weight is 378 g/mol. The molecule has 3 rings (SSSR count). The molecule has 3 nitrogen and oxygen atoms in total. The quantitative estimate of drug-likeness (QED) is 0.446. The van der Waals surface area contributed by atoms with Crippen molar-refractivity contribution in [3.05, 3.63) is 102 Å². The van der Waals surface area contributed by atoms with Crippen molar-refractivity contribution in [2.24, 2.45) is 0 Å². The molecule has 0 aliphatic rings. The van der Waals surface area contributed by atoms with Crippen molar-refractivity contribution in [3.63, 3.8) is 0 Å². The summed E-state index contributed by atoms with van der Waals surface area (Å²) >= 11 is 1.63. The Morgan fingerprint density at radius 2 is 1.44 bits per heavy atom. The van der Waals surface area contributed by atoms with Gasteiger partial charge in [-0.2, -0.15) is 0 Å². The minimum Gasteiger partial charge on any atom is -0.384 e. The number of carbonyl (C=O) groups is 1. The Balaban J connectivity index is 1.86. The molecule has 0 unspecified atom stereocenters. The molecule has 0 atom stereocenters. The number of ether oxygens (including phenoxy) is 1. The van der Waals surface area contributed by atoms with E-state index in [1.807, 2.05) is 84.9 Å². The summed E-state index contributed by atoms with van der Waals surface area (Å²) in [6.45, 7) is 0.650. The van der Waals surface area contributed by atoms with Crippen LogP contribution < -0.4 is 5.32 Å². The summed E-state index contributed by atoms with van der Waals surface area (Å²) in [5.74, 6) is 0.731. The lowest BCUT2D eigenvalue weighted by Gasteiger charge is -2.20. The van der Waals surface area contributed by atoms with Crippen LogP contribution in [-0.2, 0) is 4.74 Å². The summed E-state index contributed by atoms with van der Waals surface area (Å²) in [6, 6.07) is 27.6. The Hall–Kier alpha value is -2.56. The van der Waals surface area contributed by atoms with Gasteiger partial charge in [-0.3, -0.25) is 4.79 Å². The largest absolute Gasteiger partial charge is 0.384 e. The van der Waals surface area contributed by atoms with Crippen LogP contribution in [0.1, 0.15) is 27.5 Å². The highest BCUT2D eigenvalue weighted by Gasteiger charge is 2.19. The Bertz CT molecular complexity index is 813. The third kappa shape index (κ3) is 5.22. The summed E-state index contributed by atoms with van der Waals surface area (Å²) in [7, 11) is 1.68. The molecule has 0 aromatic heterocycles. The van der Waals surface area contributed by atoms with Gasteiger partial charge in [0.1, 0.15) is 0 Å². The van der Waals surface area contributed by atoms with Crippen molar-refractivity contribution in [3.8, 4) is 0 Å². The number of thioether (sulfide) groups is 1. The molecule has 3 aromatic carbocycles. The molecule has 0 saturated heterocycles. The zero-order chi connectivity index (χ0) is 18.9. The molecule has 0 spiro atoms. The van der Waals surface area contributed by atoms with Gasteiger partial charge in [0.25, 0.3) is 5.91 Å². The molecule has 0 aliphatic carbocycles. The molecule has 1 amide bonds. The van der Waals surface area contributed by atoms with E-state index in [1.165, 1.54) is 0 Å². The molecule has 0 saturated carbocycles. The van der Waals surface area contributed by atoms with E-state index in [9.17, 15) is 4.79 Å². The summed E-state index contributed by atoms with van der Waals surface area (Å²) in [4.78, 5) is 14.1. The lowest BCUT2D eigenvalue weighted by atomic mass is 9.98. The molecule has 0 bridgehead atoms. The van der Waals surface area contributed by atoms with Crippen LogP contribution in [-0.4, -0.2) is 25.4 Å². The van der Waals surface area contributed by atoms with Crippen molar-refractivity contribution in [2.75, 3.05) is 19.5 Å². The lowest BCUT2D eigenvalue weighted by Crippen LogP contribution is -2.29. The highest BCUT2D eigenvalue weighted by atomic mass is 32.2. The van der Waals surface area contributed by atoms with Gasteiger partial charge in [0.05, 0.1) is 18.2 Å². The highest BCUT2D eigenvalue weighted by molar-refractivity contribution is 7.99. The Kier molecular flexibility index (Phi) is 7.08. The van der Waals surface area contributed by atoms with Crippen molar-refractivity contribution in [1.29, 1.82) is 0 Å². The van der Waals surface area contributed by atoms with Crippen LogP contribution in [0.15, 0.2) is 89.8 Å². The monoisotopic (exact) mass is 377 g/mol. The fourth-order valence-electron chi connectivity index (χ4n) is 2.87. The lowest BCUT2D eigenvalue weighted by molar-refractivity contribution is 0.0940. The van der Waals surface area contributed by atoms with E-state index in [-0.39, 0.29) is 11.9 Å². The van der Waals surface area contributed by atoms with Crippen LogP contribution in [0, 0.1) is 0 Å². The number of nitrogens with one attached hydrogen (secondary N) is 1. The normalized spacial score (nSPS) is 10.7. The topological polar surface area (TPSA) is 38.3 Å². The molecular formula is C23H23NO2S. The van der Waals surface area contributed by atoms with Crippen molar-refractivity contribution in [2.45, 2.75) is 10.9 Å². The molecule has 138 valence electrons. The highest BCUT2D eigenvalue weighted by Crippen LogP contribution is 2.26. The van der Waals surface area contributed by atoms with Gasteiger partial charge in [-0.1, -0.05) is 72.8 Å². The fourth-order valence-corrected chi connectivity index (χ4v) is 3.83. The number of rotatable bonds is 8. The second-order valence-electron chi connectivity index (χ2n) is 6.07. The molecule has 0 fully saturated rings. The van der Waals surface area contributed by atoms with Gasteiger partial charge >= 0.3 is 0 Å². The number of hydrogen-bond donors (Lipinski definition) is 1. The standard InChI is InChI=1S/C23H23NO2S/c1-26-16-17-27-21-15-9-8-14-20(21)23(25)24-22(18-10-4-2-5-11-18)19-12-6-3-7-13-19/h2-15,22H,16-17H2,1H3,(H,24,25). The maximum absolute atomic E-state index is 13.1. The van der Waals surface area contributed by atoms with Crippen LogP contribution in [0.2, 0.25) is 0 Å². The predicted molar refractivity (Wildman–Crippen MR) is 111 cm³/mol. The predicted octanol–water partition coefficient (Wildman–Crippen LogP) is 4.94.